The Morgan fingerprint density at radius 3 is 2.56 bits per heavy atom. The Morgan fingerprint density at radius 2 is 1.70 bits per heavy atom. The highest BCUT2D eigenvalue weighted by Crippen LogP contribution is 2.35. The van der Waals surface area contributed by atoms with Gasteiger partial charge in [0.15, 0.2) is 5.82 Å². The van der Waals surface area contributed by atoms with Gasteiger partial charge >= 0.3 is 0 Å². The van der Waals surface area contributed by atoms with E-state index in [-0.39, 0.29) is 6.04 Å². The molecule has 2 aromatic rings. The van der Waals surface area contributed by atoms with Crippen molar-refractivity contribution in [2.24, 2.45) is 0 Å². The van der Waals surface area contributed by atoms with Crippen LogP contribution in [-0.4, -0.2) is 67.2 Å². The van der Waals surface area contributed by atoms with Crippen LogP contribution in [0.5, 0.6) is 0 Å². The smallest absolute Gasteiger partial charge is 0.173 e. The van der Waals surface area contributed by atoms with Crippen molar-refractivity contribution in [3.63, 3.8) is 0 Å². The van der Waals surface area contributed by atoms with Gasteiger partial charge in [-0.3, -0.25) is 14.8 Å². The van der Waals surface area contributed by atoms with E-state index in [1.165, 1.54) is 57.1 Å². The van der Waals surface area contributed by atoms with Gasteiger partial charge in [0.05, 0.1) is 12.1 Å². The molecule has 144 valence electrons. The lowest BCUT2D eigenvalue weighted by atomic mass is 9.95. The second-order valence-corrected chi connectivity index (χ2v) is 8.28. The number of rotatable bonds is 4. The number of piperazine rings is 1. The molecule has 3 aliphatic rings. The highest BCUT2D eigenvalue weighted by molar-refractivity contribution is 5.23. The van der Waals surface area contributed by atoms with Crippen LogP contribution in [0.4, 0.5) is 0 Å². The fourth-order valence-corrected chi connectivity index (χ4v) is 5.28. The summed E-state index contributed by atoms with van der Waals surface area (Å²) in [6.07, 6.45) is 12.7. The molecule has 4 heterocycles. The van der Waals surface area contributed by atoms with E-state index in [1.807, 2.05) is 12.4 Å². The molecular weight excluding hydrogens is 338 g/mol. The molecule has 0 bridgehead atoms. The molecular formula is C20H29N7. The third-order valence-electron chi connectivity index (χ3n) is 6.69. The van der Waals surface area contributed by atoms with Crippen molar-refractivity contribution in [2.45, 2.75) is 63.1 Å². The van der Waals surface area contributed by atoms with E-state index in [1.54, 1.807) is 0 Å². The van der Waals surface area contributed by atoms with Crippen LogP contribution in [0.2, 0.25) is 0 Å². The van der Waals surface area contributed by atoms with Gasteiger partial charge in [0.25, 0.3) is 0 Å². The van der Waals surface area contributed by atoms with E-state index in [9.17, 15) is 0 Å². The SMILES string of the molecule is c1cc([C@H](c2nnnn2C2CCCCC2)N2CCN3CCC[C@@H]3C2)ccn1. The highest BCUT2D eigenvalue weighted by Gasteiger charge is 2.37. The predicted octanol–water partition coefficient (Wildman–Crippen LogP) is 2.44. The maximum Gasteiger partial charge on any atom is 0.173 e. The number of pyridine rings is 1. The first-order valence-electron chi connectivity index (χ1n) is 10.6. The van der Waals surface area contributed by atoms with Gasteiger partial charge in [-0.15, -0.1) is 5.10 Å². The van der Waals surface area contributed by atoms with Crippen LogP contribution in [0.3, 0.4) is 0 Å². The van der Waals surface area contributed by atoms with Crippen molar-refractivity contribution in [1.82, 2.24) is 35.0 Å². The standard InChI is InChI=1S/C20H29N7/c1-2-5-17(6-3-1)27-20(22-23-24-27)19(16-8-10-21-11-9-16)26-14-13-25-12-4-7-18(25)15-26/h8-11,17-19H,1-7,12-15H2/t18-,19-/m1/s1. The number of fused-ring (bicyclic) bond motifs is 1. The fourth-order valence-electron chi connectivity index (χ4n) is 5.28. The lowest BCUT2D eigenvalue weighted by molar-refractivity contribution is 0.0781. The summed E-state index contributed by atoms with van der Waals surface area (Å²) in [5.74, 6) is 1.01. The molecule has 1 aliphatic carbocycles. The van der Waals surface area contributed by atoms with Gasteiger partial charge in [0.2, 0.25) is 0 Å². The van der Waals surface area contributed by atoms with Gasteiger partial charge in [-0.25, -0.2) is 4.68 Å². The molecule has 5 rings (SSSR count). The van der Waals surface area contributed by atoms with Gasteiger partial charge in [0.1, 0.15) is 0 Å². The first-order valence-corrected chi connectivity index (χ1v) is 10.6. The normalized spacial score (nSPS) is 26.1. The van der Waals surface area contributed by atoms with Crippen molar-refractivity contribution < 1.29 is 0 Å². The summed E-state index contributed by atoms with van der Waals surface area (Å²) in [7, 11) is 0. The molecule has 0 aromatic carbocycles. The largest absolute Gasteiger partial charge is 0.298 e. The molecule has 2 aromatic heterocycles. The Hall–Kier alpha value is -1.86. The van der Waals surface area contributed by atoms with Gasteiger partial charge < -0.3 is 0 Å². The van der Waals surface area contributed by atoms with Crippen LogP contribution < -0.4 is 0 Å². The first kappa shape index (κ1) is 17.3. The number of aromatic nitrogens is 5. The number of hydrogen-bond donors (Lipinski definition) is 0. The van der Waals surface area contributed by atoms with Crippen LogP contribution in [0.1, 0.15) is 68.4 Å². The molecule has 3 fully saturated rings. The minimum absolute atomic E-state index is 0.118. The van der Waals surface area contributed by atoms with Crippen molar-refractivity contribution in [1.29, 1.82) is 0 Å². The molecule has 27 heavy (non-hydrogen) atoms. The third kappa shape index (κ3) is 3.38. The molecule has 2 saturated heterocycles. The van der Waals surface area contributed by atoms with Crippen molar-refractivity contribution in [3.8, 4) is 0 Å². The fraction of sp³-hybridized carbons (Fsp3) is 0.700. The van der Waals surface area contributed by atoms with Crippen LogP contribution in [0.25, 0.3) is 0 Å². The average molecular weight is 368 g/mol. The van der Waals surface area contributed by atoms with Gasteiger partial charge in [-0.05, 0) is 60.4 Å². The Labute approximate surface area is 160 Å². The molecule has 7 nitrogen and oxygen atoms in total. The molecule has 0 amide bonds. The molecule has 1 saturated carbocycles. The lowest BCUT2D eigenvalue weighted by Crippen LogP contribution is -2.51. The second-order valence-electron chi connectivity index (χ2n) is 8.28. The number of nitrogens with zero attached hydrogens (tertiary/aromatic N) is 7. The Kier molecular flexibility index (Phi) is 4.88. The van der Waals surface area contributed by atoms with Gasteiger partial charge in [0, 0.05) is 38.1 Å². The number of tetrazole rings is 1. The molecule has 2 aliphatic heterocycles. The van der Waals surface area contributed by atoms with E-state index in [0.29, 0.717) is 12.1 Å². The summed E-state index contributed by atoms with van der Waals surface area (Å²) in [6, 6.07) is 5.51. The molecule has 0 radical (unpaired) electrons. The van der Waals surface area contributed by atoms with Gasteiger partial charge in [-0.2, -0.15) is 0 Å². The van der Waals surface area contributed by atoms with Crippen LogP contribution in [0.15, 0.2) is 24.5 Å². The minimum Gasteiger partial charge on any atom is -0.298 e. The van der Waals surface area contributed by atoms with E-state index in [4.69, 9.17) is 0 Å². The Balaban J connectivity index is 1.49. The minimum atomic E-state index is 0.118. The van der Waals surface area contributed by atoms with E-state index < -0.39 is 0 Å². The van der Waals surface area contributed by atoms with E-state index >= 15 is 0 Å². The average Bonchev–Trinajstić information content (AvgIpc) is 3.39. The summed E-state index contributed by atoms with van der Waals surface area (Å²) in [5, 5.41) is 13.1. The Morgan fingerprint density at radius 1 is 0.889 bits per heavy atom. The first-order chi connectivity index (χ1) is 13.4. The Bertz CT molecular complexity index is 740. The van der Waals surface area contributed by atoms with E-state index in [0.717, 1.165) is 25.5 Å². The lowest BCUT2D eigenvalue weighted by Gasteiger charge is -2.41. The zero-order chi connectivity index (χ0) is 18.1. The third-order valence-corrected chi connectivity index (χ3v) is 6.69. The number of hydrogen-bond acceptors (Lipinski definition) is 6. The summed E-state index contributed by atoms with van der Waals surface area (Å²) in [6.45, 7) is 4.58. The highest BCUT2D eigenvalue weighted by atomic mass is 15.6. The molecule has 0 N–H and O–H groups in total. The summed E-state index contributed by atoms with van der Waals surface area (Å²) in [5.41, 5.74) is 1.25. The zero-order valence-electron chi connectivity index (χ0n) is 16.0. The van der Waals surface area contributed by atoms with Gasteiger partial charge in [-0.1, -0.05) is 19.3 Å². The van der Waals surface area contributed by atoms with E-state index in [2.05, 4.69) is 47.1 Å². The van der Waals surface area contributed by atoms with Crippen molar-refractivity contribution in [3.05, 3.63) is 35.9 Å². The maximum atomic E-state index is 4.55. The quantitative estimate of drug-likeness (QED) is 0.827. The van der Waals surface area contributed by atoms with Crippen LogP contribution in [-0.2, 0) is 0 Å². The maximum absolute atomic E-state index is 4.55. The van der Waals surface area contributed by atoms with Crippen LogP contribution >= 0.6 is 0 Å². The monoisotopic (exact) mass is 367 g/mol. The molecule has 7 heteroatoms. The molecule has 0 unspecified atom stereocenters. The van der Waals surface area contributed by atoms with Crippen molar-refractivity contribution in [2.75, 3.05) is 26.2 Å². The summed E-state index contributed by atoms with van der Waals surface area (Å²) < 4.78 is 2.14. The molecule has 2 atom stereocenters. The predicted molar refractivity (Wildman–Crippen MR) is 102 cm³/mol. The summed E-state index contributed by atoms with van der Waals surface area (Å²) >= 11 is 0. The topological polar surface area (TPSA) is 63.0 Å². The second kappa shape index (κ2) is 7.64. The zero-order valence-corrected chi connectivity index (χ0v) is 16.0. The van der Waals surface area contributed by atoms with Crippen molar-refractivity contribution >= 4 is 0 Å². The summed E-state index contributed by atoms with van der Waals surface area (Å²) in [4.78, 5) is 9.50. The molecule has 0 spiro atoms. The van der Waals surface area contributed by atoms with Crippen LogP contribution in [0, 0.1) is 0 Å².